The fourth-order valence-corrected chi connectivity index (χ4v) is 4.19. The monoisotopic (exact) mass is 418 g/mol. The molecule has 2 aromatic heterocycles. The molecule has 1 aliphatic carbocycles. The van der Waals surface area contributed by atoms with Crippen LogP contribution in [0.5, 0.6) is 0 Å². The second-order valence-corrected chi connectivity index (χ2v) is 7.62. The van der Waals surface area contributed by atoms with Crippen LogP contribution in [0.25, 0.3) is 10.8 Å². The summed E-state index contributed by atoms with van der Waals surface area (Å²) >= 11 is 8.60. The van der Waals surface area contributed by atoms with Crippen molar-refractivity contribution in [1.82, 2.24) is 10.3 Å². The van der Waals surface area contributed by atoms with E-state index in [1.165, 1.54) is 23.4 Å². The van der Waals surface area contributed by atoms with E-state index in [2.05, 4.69) is 44.1 Å². The summed E-state index contributed by atoms with van der Waals surface area (Å²) in [4.78, 5) is 6.24. The molecule has 0 spiro atoms. The molecular formula is C14H16Br2N2OS. The number of hydrogen-bond acceptors (Lipinski definition) is 4. The van der Waals surface area contributed by atoms with Crippen LogP contribution in [0.4, 0.5) is 0 Å². The van der Waals surface area contributed by atoms with Gasteiger partial charge < -0.3 is 9.73 Å². The molecule has 2 heterocycles. The second-order valence-electron chi connectivity index (χ2n) is 4.96. The molecule has 0 amide bonds. The Bertz CT molecular complexity index is 589. The van der Waals surface area contributed by atoms with E-state index in [4.69, 9.17) is 9.40 Å². The lowest BCUT2D eigenvalue weighted by molar-refractivity contribution is 0.454. The molecule has 0 fully saturated rings. The van der Waals surface area contributed by atoms with Crippen LogP contribution in [0.1, 0.15) is 42.8 Å². The fraction of sp³-hybridized carbons (Fsp3) is 0.500. The number of aryl methyl sites for hydroxylation is 1. The van der Waals surface area contributed by atoms with E-state index in [0.717, 1.165) is 39.3 Å². The van der Waals surface area contributed by atoms with Crippen molar-refractivity contribution in [2.75, 3.05) is 6.54 Å². The van der Waals surface area contributed by atoms with Gasteiger partial charge in [-0.2, -0.15) is 0 Å². The van der Waals surface area contributed by atoms with Gasteiger partial charge in [0.15, 0.2) is 15.4 Å². The number of nitrogens with one attached hydrogen (secondary N) is 1. The lowest BCUT2D eigenvalue weighted by Gasteiger charge is -2.21. The molecule has 0 aromatic carbocycles. The molecule has 0 radical (unpaired) electrons. The minimum Gasteiger partial charge on any atom is -0.446 e. The highest BCUT2D eigenvalue weighted by Gasteiger charge is 2.25. The van der Waals surface area contributed by atoms with Gasteiger partial charge in [0.05, 0.1) is 16.2 Å². The molecule has 0 aliphatic heterocycles. The highest BCUT2D eigenvalue weighted by Crippen LogP contribution is 2.39. The number of thiazole rings is 1. The van der Waals surface area contributed by atoms with E-state index >= 15 is 0 Å². The molecule has 20 heavy (non-hydrogen) atoms. The Hall–Kier alpha value is -0.170. The quantitative estimate of drug-likeness (QED) is 0.729. The zero-order valence-electron chi connectivity index (χ0n) is 11.2. The molecule has 2 aromatic rings. The van der Waals surface area contributed by atoms with Crippen LogP contribution in [0.3, 0.4) is 0 Å². The van der Waals surface area contributed by atoms with Gasteiger partial charge >= 0.3 is 0 Å². The zero-order valence-corrected chi connectivity index (χ0v) is 15.2. The molecule has 1 unspecified atom stereocenters. The van der Waals surface area contributed by atoms with Crippen LogP contribution < -0.4 is 5.32 Å². The first kappa shape index (κ1) is 14.8. The topological polar surface area (TPSA) is 38.1 Å². The van der Waals surface area contributed by atoms with Crippen molar-refractivity contribution in [1.29, 1.82) is 0 Å². The number of hydrogen-bond donors (Lipinski definition) is 1. The summed E-state index contributed by atoms with van der Waals surface area (Å²) < 4.78 is 7.35. The maximum absolute atomic E-state index is 5.69. The summed E-state index contributed by atoms with van der Waals surface area (Å²) in [6.07, 6.45) is 4.71. The van der Waals surface area contributed by atoms with Crippen molar-refractivity contribution in [3.8, 4) is 10.8 Å². The van der Waals surface area contributed by atoms with Crippen LogP contribution in [-0.2, 0) is 6.42 Å². The summed E-state index contributed by atoms with van der Waals surface area (Å²) in [6.45, 7) is 3.25. The molecule has 108 valence electrons. The highest BCUT2D eigenvalue weighted by atomic mass is 79.9. The smallest absolute Gasteiger partial charge is 0.184 e. The summed E-state index contributed by atoms with van der Waals surface area (Å²) in [6, 6.07) is 2.38. The number of aromatic nitrogens is 1. The Kier molecular flexibility index (Phi) is 4.65. The van der Waals surface area contributed by atoms with Crippen LogP contribution in [0.2, 0.25) is 0 Å². The van der Waals surface area contributed by atoms with Crippen LogP contribution in [0.15, 0.2) is 19.6 Å². The van der Waals surface area contributed by atoms with Gasteiger partial charge in [0.25, 0.3) is 0 Å². The Morgan fingerprint density at radius 3 is 3.05 bits per heavy atom. The third-order valence-corrected chi connectivity index (χ3v) is 6.31. The second kappa shape index (κ2) is 6.30. The van der Waals surface area contributed by atoms with Gasteiger partial charge in [-0.1, -0.05) is 6.92 Å². The number of furan rings is 1. The third kappa shape index (κ3) is 2.89. The molecule has 3 rings (SSSR count). The molecule has 0 saturated carbocycles. The van der Waals surface area contributed by atoms with Gasteiger partial charge in [-0.15, -0.1) is 11.3 Å². The van der Waals surface area contributed by atoms with Crippen LogP contribution >= 0.6 is 43.2 Å². The molecular weight excluding hydrogens is 404 g/mol. The Morgan fingerprint density at radius 2 is 2.35 bits per heavy atom. The van der Waals surface area contributed by atoms with Crippen molar-refractivity contribution in [3.63, 3.8) is 0 Å². The van der Waals surface area contributed by atoms with Crippen molar-refractivity contribution in [2.24, 2.45) is 0 Å². The molecule has 1 N–H and O–H groups in total. The van der Waals surface area contributed by atoms with Gasteiger partial charge in [-0.05, 0) is 64.1 Å². The SMILES string of the molecule is CCCNC1CCCc2sc(-c3cc(Br)c(Br)o3)nc21. The van der Waals surface area contributed by atoms with Crippen LogP contribution in [-0.4, -0.2) is 11.5 Å². The molecule has 0 bridgehead atoms. The Labute approximate surface area is 139 Å². The lowest BCUT2D eigenvalue weighted by Crippen LogP contribution is -2.25. The predicted molar refractivity (Wildman–Crippen MR) is 89.2 cm³/mol. The molecule has 0 saturated heterocycles. The number of rotatable bonds is 4. The van der Waals surface area contributed by atoms with Gasteiger partial charge in [0.1, 0.15) is 0 Å². The molecule has 3 nitrogen and oxygen atoms in total. The average Bonchev–Trinajstić information content (AvgIpc) is 3.01. The normalized spacial score (nSPS) is 18.2. The van der Waals surface area contributed by atoms with Crippen molar-refractivity contribution in [3.05, 3.63) is 25.8 Å². The standard InChI is InChI=1S/C14H16Br2N2OS/c1-2-6-17-9-4-3-5-11-12(9)18-14(20-11)10-7-8(15)13(16)19-10/h7,9,17H,2-6H2,1H3. The predicted octanol–water partition coefficient (Wildman–Crippen LogP) is 5.31. The summed E-state index contributed by atoms with van der Waals surface area (Å²) in [7, 11) is 0. The van der Waals surface area contributed by atoms with Gasteiger partial charge in [-0.3, -0.25) is 0 Å². The van der Waals surface area contributed by atoms with Gasteiger partial charge in [0, 0.05) is 10.9 Å². The van der Waals surface area contributed by atoms with Crippen LogP contribution in [0, 0.1) is 0 Å². The first-order chi connectivity index (χ1) is 9.69. The first-order valence-electron chi connectivity index (χ1n) is 6.87. The van der Waals surface area contributed by atoms with Crippen molar-refractivity contribution >= 4 is 43.2 Å². The average molecular weight is 420 g/mol. The van der Waals surface area contributed by atoms with Gasteiger partial charge in [0.2, 0.25) is 0 Å². The maximum atomic E-state index is 5.69. The van der Waals surface area contributed by atoms with E-state index in [1.807, 2.05) is 6.07 Å². The Morgan fingerprint density at radius 1 is 1.50 bits per heavy atom. The third-order valence-electron chi connectivity index (χ3n) is 3.45. The number of fused-ring (bicyclic) bond motifs is 1. The van der Waals surface area contributed by atoms with Gasteiger partial charge in [-0.25, -0.2) is 4.98 Å². The number of nitrogens with zero attached hydrogens (tertiary/aromatic N) is 1. The van der Waals surface area contributed by atoms with E-state index < -0.39 is 0 Å². The molecule has 6 heteroatoms. The molecule has 1 atom stereocenters. The van der Waals surface area contributed by atoms with Crippen molar-refractivity contribution in [2.45, 2.75) is 38.6 Å². The fourth-order valence-electron chi connectivity index (χ4n) is 2.49. The summed E-state index contributed by atoms with van der Waals surface area (Å²) in [5, 5.41) is 4.58. The minimum atomic E-state index is 0.408. The van der Waals surface area contributed by atoms with E-state index in [-0.39, 0.29) is 0 Å². The zero-order chi connectivity index (χ0) is 14.1. The maximum Gasteiger partial charge on any atom is 0.184 e. The summed E-state index contributed by atoms with van der Waals surface area (Å²) in [5.41, 5.74) is 1.23. The van der Waals surface area contributed by atoms with Crippen molar-refractivity contribution < 1.29 is 4.42 Å². The van der Waals surface area contributed by atoms with E-state index in [0.29, 0.717) is 6.04 Å². The van der Waals surface area contributed by atoms with E-state index in [9.17, 15) is 0 Å². The number of halogens is 2. The molecule has 1 aliphatic rings. The first-order valence-corrected chi connectivity index (χ1v) is 9.27. The largest absolute Gasteiger partial charge is 0.446 e. The minimum absolute atomic E-state index is 0.408. The lowest BCUT2D eigenvalue weighted by atomic mass is 9.97. The van der Waals surface area contributed by atoms with E-state index in [1.54, 1.807) is 11.3 Å². The summed E-state index contributed by atoms with van der Waals surface area (Å²) in [5.74, 6) is 0.831. The highest BCUT2D eigenvalue weighted by molar-refractivity contribution is 9.13. The Balaban J connectivity index is 1.90.